The average molecular weight is 233 g/mol. The Morgan fingerprint density at radius 3 is 2.65 bits per heavy atom. The summed E-state index contributed by atoms with van der Waals surface area (Å²) in [6.45, 7) is 2.52. The molecule has 92 valence electrons. The lowest BCUT2D eigenvalue weighted by Crippen LogP contribution is -2.31. The monoisotopic (exact) mass is 233 g/mol. The molecular weight excluding hydrogens is 214 g/mol. The predicted octanol–water partition coefficient (Wildman–Crippen LogP) is 2.59. The summed E-state index contributed by atoms with van der Waals surface area (Å²) in [5.41, 5.74) is 0. The number of amides is 1. The molecule has 2 saturated carbocycles. The second-order valence-electron chi connectivity index (χ2n) is 5.63. The van der Waals surface area contributed by atoms with Crippen LogP contribution >= 0.6 is 0 Å². The first-order valence-electron chi connectivity index (χ1n) is 6.44. The smallest absolute Gasteiger partial charge is 0.225 e. The van der Waals surface area contributed by atoms with E-state index in [2.05, 4.69) is 0 Å². The maximum absolute atomic E-state index is 12.2. The molecule has 3 rings (SSSR count). The van der Waals surface area contributed by atoms with E-state index >= 15 is 0 Å². The highest BCUT2D eigenvalue weighted by Crippen LogP contribution is 2.54. The Hall–Kier alpha value is -1.25. The minimum absolute atomic E-state index is 0.278. The third kappa shape index (κ3) is 2.11. The van der Waals surface area contributed by atoms with Crippen molar-refractivity contribution in [1.82, 2.24) is 4.90 Å². The molecule has 0 aromatic carbocycles. The van der Waals surface area contributed by atoms with Crippen molar-refractivity contribution in [2.24, 2.45) is 17.8 Å². The molecule has 0 aliphatic heterocycles. The van der Waals surface area contributed by atoms with Crippen LogP contribution in [-0.4, -0.2) is 17.9 Å². The number of aryl methyl sites for hydroxylation is 1. The van der Waals surface area contributed by atoms with Crippen molar-refractivity contribution in [2.45, 2.75) is 32.7 Å². The molecular formula is C14H19NO2. The largest absolute Gasteiger partial charge is 0.464 e. The van der Waals surface area contributed by atoms with Gasteiger partial charge < -0.3 is 9.32 Å². The Kier molecular flexibility index (Phi) is 2.49. The lowest BCUT2D eigenvalue weighted by Gasteiger charge is -2.20. The van der Waals surface area contributed by atoms with Crippen LogP contribution in [0.5, 0.6) is 0 Å². The zero-order valence-electron chi connectivity index (χ0n) is 10.5. The Balaban J connectivity index is 1.58. The van der Waals surface area contributed by atoms with Gasteiger partial charge in [0.25, 0.3) is 0 Å². The van der Waals surface area contributed by atoms with Crippen LogP contribution < -0.4 is 0 Å². The van der Waals surface area contributed by atoms with E-state index in [-0.39, 0.29) is 5.92 Å². The van der Waals surface area contributed by atoms with E-state index in [1.165, 1.54) is 6.42 Å². The summed E-state index contributed by atoms with van der Waals surface area (Å²) in [6.07, 6.45) is 3.60. The second-order valence-corrected chi connectivity index (χ2v) is 5.63. The van der Waals surface area contributed by atoms with Gasteiger partial charge in [-0.2, -0.15) is 0 Å². The zero-order valence-corrected chi connectivity index (χ0v) is 10.5. The molecule has 2 aliphatic carbocycles. The molecule has 0 radical (unpaired) electrons. The summed E-state index contributed by atoms with van der Waals surface area (Å²) in [7, 11) is 1.88. The summed E-state index contributed by atoms with van der Waals surface area (Å²) in [4.78, 5) is 14.0. The summed E-state index contributed by atoms with van der Waals surface area (Å²) < 4.78 is 5.50. The molecule has 1 amide bonds. The van der Waals surface area contributed by atoms with Gasteiger partial charge in [-0.3, -0.25) is 4.79 Å². The second kappa shape index (κ2) is 3.90. The molecule has 1 heterocycles. The normalized spacial score (nSPS) is 30.1. The Morgan fingerprint density at radius 2 is 2.06 bits per heavy atom. The number of hydrogen-bond acceptors (Lipinski definition) is 2. The van der Waals surface area contributed by atoms with E-state index in [0.717, 1.165) is 36.2 Å². The highest BCUT2D eigenvalue weighted by molar-refractivity contribution is 5.79. The molecule has 0 N–H and O–H groups in total. The Bertz CT molecular complexity index is 427. The first kappa shape index (κ1) is 10.9. The fraction of sp³-hybridized carbons (Fsp3) is 0.643. The first-order valence-corrected chi connectivity index (χ1v) is 6.44. The summed E-state index contributed by atoms with van der Waals surface area (Å²) in [5, 5.41) is 0. The van der Waals surface area contributed by atoms with Gasteiger partial charge in [-0.15, -0.1) is 0 Å². The minimum Gasteiger partial charge on any atom is -0.464 e. The van der Waals surface area contributed by atoms with Crippen molar-refractivity contribution in [2.75, 3.05) is 7.05 Å². The average Bonchev–Trinajstić information content (AvgIpc) is 2.72. The van der Waals surface area contributed by atoms with E-state index in [4.69, 9.17) is 4.42 Å². The van der Waals surface area contributed by atoms with Gasteiger partial charge in [-0.25, -0.2) is 0 Å². The topological polar surface area (TPSA) is 33.5 Å². The number of carbonyl (C=O) groups is 1. The van der Waals surface area contributed by atoms with E-state index in [1.807, 2.05) is 31.0 Å². The van der Waals surface area contributed by atoms with Gasteiger partial charge in [-0.05, 0) is 50.2 Å². The Morgan fingerprint density at radius 1 is 1.35 bits per heavy atom. The molecule has 3 heteroatoms. The van der Waals surface area contributed by atoms with Crippen LogP contribution in [0.1, 0.15) is 30.8 Å². The summed E-state index contributed by atoms with van der Waals surface area (Å²) in [6, 6.07) is 3.89. The zero-order chi connectivity index (χ0) is 12.0. The van der Waals surface area contributed by atoms with Gasteiger partial charge in [-0.1, -0.05) is 0 Å². The van der Waals surface area contributed by atoms with E-state index in [1.54, 1.807) is 0 Å². The number of carbonyl (C=O) groups excluding carboxylic acids is 1. The third-order valence-electron chi connectivity index (χ3n) is 4.16. The van der Waals surface area contributed by atoms with Crippen molar-refractivity contribution < 1.29 is 9.21 Å². The van der Waals surface area contributed by atoms with Gasteiger partial charge in [0.15, 0.2) is 0 Å². The van der Waals surface area contributed by atoms with Crippen LogP contribution in [-0.2, 0) is 11.3 Å². The van der Waals surface area contributed by atoms with E-state index in [9.17, 15) is 4.79 Å². The Labute approximate surface area is 102 Å². The molecule has 0 bridgehead atoms. The molecule has 17 heavy (non-hydrogen) atoms. The summed E-state index contributed by atoms with van der Waals surface area (Å²) in [5.74, 6) is 4.09. The molecule has 1 aromatic rings. The lowest BCUT2D eigenvalue weighted by atomic mass is 10.0. The van der Waals surface area contributed by atoms with Crippen LogP contribution in [0, 0.1) is 24.7 Å². The van der Waals surface area contributed by atoms with Crippen molar-refractivity contribution >= 4 is 5.91 Å². The lowest BCUT2D eigenvalue weighted by molar-refractivity contribution is -0.135. The molecule has 1 aromatic heterocycles. The van der Waals surface area contributed by atoms with Gasteiger partial charge in [0.05, 0.1) is 6.54 Å². The van der Waals surface area contributed by atoms with Gasteiger partial charge >= 0.3 is 0 Å². The molecule has 0 spiro atoms. The van der Waals surface area contributed by atoms with Crippen LogP contribution in [0.25, 0.3) is 0 Å². The SMILES string of the molecule is Cc1ccc(CN(C)C(=O)C2CC3CC3C2)o1. The van der Waals surface area contributed by atoms with Crippen LogP contribution in [0.4, 0.5) is 0 Å². The van der Waals surface area contributed by atoms with Crippen molar-refractivity contribution in [3.63, 3.8) is 0 Å². The molecule has 2 fully saturated rings. The quantitative estimate of drug-likeness (QED) is 0.804. The standard InChI is InChI=1S/C14H19NO2/c1-9-3-4-13(17-9)8-15(2)14(16)12-6-10-5-11(10)7-12/h3-4,10-12H,5-8H2,1-2H3. The number of rotatable bonds is 3. The molecule has 2 unspecified atom stereocenters. The fourth-order valence-corrected chi connectivity index (χ4v) is 3.11. The van der Waals surface area contributed by atoms with Gasteiger partial charge in [0.1, 0.15) is 11.5 Å². The predicted molar refractivity (Wildman–Crippen MR) is 64.2 cm³/mol. The highest BCUT2D eigenvalue weighted by Gasteiger charge is 2.48. The number of nitrogens with zero attached hydrogens (tertiary/aromatic N) is 1. The van der Waals surface area contributed by atoms with Crippen LogP contribution in [0.2, 0.25) is 0 Å². The van der Waals surface area contributed by atoms with Gasteiger partial charge in [0, 0.05) is 13.0 Å². The first-order chi connectivity index (χ1) is 8.13. The third-order valence-corrected chi connectivity index (χ3v) is 4.16. The molecule has 3 nitrogen and oxygen atoms in total. The van der Waals surface area contributed by atoms with Crippen molar-refractivity contribution in [3.8, 4) is 0 Å². The minimum atomic E-state index is 0.278. The molecule has 0 saturated heterocycles. The number of furan rings is 1. The van der Waals surface area contributed by atoms with Crippen LogP contribution in [0.15, 0.2) is 16.5 Å². The van der Waals surface area contributed by atoms with Crippen molar-refractivity contribution in [1.29, 1.82) is 0 Å². The maximum Gasteiger partial charge on any atom is 0.225 e. The number of hydrogen-bond donors (Lipinski definition) is 0. The van der Waals surface area contributed by atoms with Crippen molar-refractivity contribution in [3.05, 3.63) is 23.7 Å². The molecule has 2 aliphatic rings. The van der Waals surface area contributed by atoms with E-state index < -0.39 is 0 Å². The highest BCUT2D eigenvalue weighted by atomic mass is 16.3. The molecule has 2 atom stereocenters. The fourth-order valence-electron chi connectivity index (χ4n) is 3.11. The number of fused-ring (bicyclic) bond motifs is 1. The van der Waals surface area contributed by atoms with E-state index in [0.29, 0.717) is 12.5 Å². The van der Waals surface area contributed by atoms with Crippen LogP contribution in [0.3, 0.4) is 0 Å². The summed E-state index contributed by atoms with van der Waals surface area (Å²) >= 11 is 0. The van der Waals surface area contributed by atoms with Gasteiger partial charge in [0.2, 0.25) is 5.91 Å². The maximum atomic E-state index is 12.2.